The van der Waals surface area contributed by atoms with Crippen molar-refractivity contribution in [1.82, 2.24) is 15.0 Å². The number of ketones is 1. The van der Waals surface area contributed by atoms with Gasteiger partial charge in [-0.1, -0.05) is 11.6 Å². The number of halogens is 2. The molecule has 1 aliphatic carbocycles. The summed E-state index contributed by atoms with van der Waals surface area (Å²) in [4.78, 5) is 29.0. The van der Waals surface area contributed by atoms with E-state index in [1.54, 1.807) is 60.1 Å². The van der Waals surface area contributed by atoms with Crippen LogP contribution in [0.2, 0.25) is 4.34 Å². The fourth-order valence-electron chi connectivity index (χ4n) is 5.07. The molecule has 0 aliphatic heterocycles. The lowest BCUT2D eigenvalue weighted by atomic mass is 9.86. The molecular formula is C29H28ClFN4O3S. The monoisotopic (exact) mass is 566 g/mol. The molecule has 0 saturated heterocycles. The van der Waals surface area contributed by atoms with Gasteiger partial charge in [-0.2, -0.15) is 15.0 Å². The second kappa shape index (κ2) is 12.5. The van der Waals surface area contributed by atoms with E-state index in [1.165, 1.54) is 16.9 Å². The number of thiophene rings is 1. The van der Waals surface area contributed by atoms with Crippen LogP contribution >= 0.6 is 22.9 Å². The number of hydrogen-bond donors (Lipinski definition) is 1. The molecular weight excluding hydrogens is 539 g/mol. The van der Waals surface area contributed by atoms with E-state index < -0.39 is 0 Å². The number of carbonyl (C=O) groups excluding carboxylic acids is 2. The lowest BCUT2D eigenvalue weighted by molar-refractivity contribution is -0.125. The largest absolute Gasteiger partial charge is 0.457 e. The van der Waals surface area contributed by atoms with Crippen LogP contribution in [-0.2, 0) is 22.6 Å². The Morgan fingerprint density at radius 2 is 1.59 bits per heavy atom. The van der Waals surface area contributed by atoms with Gasteiger partial charge >= 0.3 is 0 Å². The Hall–Kier alpha value is -3.56. The molecule has 10 heteroatoms. The molecule has 202 valence electrons. The van der Waals surface area contributed by atoms with Crippen LogP contribution in [0, 0.1) is 23.6 Å². The topological polar surface area (TPSA) is 86.1 Å². The summed E-state index contributed by atoms with van der Waals surface area (Å²) < 4.78 is 19.6. The van der Waals surface area contributed by atoms with E-state index in [-0.39, 0.29) is 41.8 Å². The Bertz CT molecular complexity index is 1390. The normalized spacial score (nSPS) is 19.3. The first-order chi connectivity index (χ1) is 18.9. The highest BCUT2D eigenvalue weighted by atomic mass is 35.5. The van der Waals surface area contributed by atoms with Crippen molar-refractivity contribution in [1.29, 1.82) is 0 Å². The SMILES string of the molecule is O=C(Cn1nccn1)C1CCC(C(=O)Nc2ccc(Oc3ccc(F)cc3)cc2)CC(Cc2ccc(Cl)s2)C1. The highest BCUT2D eigenvalue weighted by Gasteiger charge is 2.33. The summed E-state index contributed by atoms with van der Waals surface area (Å²) in [6, 6.07) is 16.8. The molecule has 2 heterocycles. The first kappa shape index (κ1) is 27.0. The second-order valence-electron chi connectivity index (χ2n) is 9.81. The van der Waals surface area contributed by atoms with Crippen molar-refractivity contribution in [2.75, 3.05) is 5.32 Å². The molecule has 0 radical (unpaired) electrons. The van der Waals surface area contributed by atoms with Crippen LogP contribution in [0.1, 0.15) is 30.6 Å². The molecule has 7 nitrogen and oxygen atoms in total. The maximum Gasteiger partial charge on any atom is 0.227 e. The summed E-state index contributed by atoms with van der Waals surface area (Å²) >= 11 is 7.70. The molecule has 3 unspecified atom stereocenters. The zero-order valence-corrected chi connectivity index (χ0v) is 22.7. The number of aromatic nitrogens is 3. The molecule has 1 saturated carbocycles. The molecule has 5 rings (SSSR count). The molecule has 0 spiro atoms. The van der Waals surface area contributed by atoms with E-state index in [0.717, 1.165) is 22.1 Å². The van der Waals surface area contributed by atoms with Gasteiger partial charge in [0, 0.05) is 22.4 Å². The highest BCUT2D eigenvalue weighted by molar-refractivity contribution is 7.16. The van der Waals surface area contributed by atoms with Gasteiger partial charge in [0.15, 0.2) is 5.78 Å². The van der Waals surface area contributed by atoms with Gasteiger partial charge in [-0.25, -0.2) is 4.39 Å². The summed E-state index contributed by atoms with van der Waals surface area (Å²) in [6.07, 6.45) is 6.58. The lowest BCUT2D eigenvalue weighted by Gasteiger charge is -2.20. The van der Waals surface area contributed by atoms with Gasteiger partial charge in [0.1, 0.15) is 23.9 Å². The number of hydrogen-bond acceptors (Lipinski definition) is 6. The Morgan fingerprint density at radius 3 is 2.26 bits per heavy atom. The van der Waals surface area contributed by atoms with Crippen molar-refractivity contribution >= 4 is 40.3 Å². The van der Waals surface area contributed by atoms with Crippen molar-refractivity contribution in [3.05, 3.63) is 88.1 Å². The third-order valence-electron chi connectivity index (χ3n) is 6.98. The summed E-state index contributed by atoms with van der Waals surface area (Å²) in [5.74, 6) is 0.610. The molecule has 1 amide bonds. The van der Waals surface area contributed by atoms with Gasteiger partial charge in [0.05, 0.1) is 16.7 Å². The average Bonchev–Trinajstić information content (AvgIpc) is 3.53. The van der Waals surface area contributed by atoms with Crippen LogP contribution in [0.4, 0.5) is 10.1 Å². The van der Waals surface area contributed by atoms with Gasteiger partial charge in [-0.15, -0.1) is 11.3 Å². The standard InChI is InChI=1S/C29H28ClFN4O3S/c30-28-12-11-26(39-28)17-19-15-20(27(36)18-35-32-13-14-33-35)1-2-21(16-19)29(37)34-23-5-9-25(10-6-23)38-24-7-3-22(31)4-8-24/h3-14,19-21H,1-2,15-18H2,(H,34,37). The zero-order chi connectivity index (χ0) is 27.2. The van der Waals surface area contributed by atoms with Crippen molar-refractivity contribution in [3.8, 4) is 11.5 Å². The van der Waals surface area contributed by atoms with E-state index >= 15 is 0 Å². The van der Waals surface area contributed by atoms with E-state index in [4.69, 9.17) is 16.3 Å². The fraction of sp³-hybridized carbons (Fsp3) is 0.310. The third kappa shape index (κ3) is 7.52. The van der Waals surface area contributed by atoms with Crippen LogP contribution in [0.15, 0.2) is 73.1 Å². The van der Waals surface area contributed by atoms with Crippen LogP contribution in [0.25, 0.3) is 0 Å². The predicted octanol–water partition coefficient (Wildman–Crippen LogP) is 6.80. The zero-order valence-electron chi connectivity index (χ0n) is 21.1. The van der Waals surface area contributed by atoms with Crippen molar-refractivity contribution in [2.24, 2.45) is 17.8 Å². The van der Waals surface area contributed by atoms with E-state index in [0.29, 0.717) is 36.4 Å². The minimum absolute atomic E-state index is 0.0572. The predicted molar refractivity (Wildman–Crippen MR) is 149 cm³/mol. The molecule has 4 aromatic rings. The smallest absolute Gasteiger partial charge is 0.227 e. The number of carbonyl (C=O) groups is 2. The van der Waals surface area contributed by atoms with Crippen molar-refractivity contribution in [3.63, 3.8) is 0 Å². The molecule has 2 aromatic carbocycles. The minimum atomic E-state index is -0.328. The summed E-state index contributed by atoms with van der Waals surface area (Å²) in [5.41, 5.74) is 0.662. The molecule has 2 aromatic heterocycles. The Morgan fingerprint density at radius 1 is 0.949 bits per heavy atom. The molecule has 1 N–H and O–H groups in total. The van der Waals surface area contributed by atoms with Gasteiger partial charge in [-0.3, -0.25) is 9.59 Å². The summed E-state index contributed by atoms with van der Waals surface area (Å²) in [7, 11) is 0. The number of Topliss-reactive ketones (excluding diaryl/α,β-unsaturated/α-hetero) is 1. The number of nitrogens with one attached hydrogen (secondary N) is 1. The van der Waals surface area contributed by atoms with Gasteiger partial charge in [-0.05, 0) is 98.7 Å². The summed E-state index contributed by atoms with van der Waals surface area (Å²) in [5, 5.41) is 11.2. The average molecular weight is 567 g/mol. The number of rotatable bonds is 9. The first-order valence-corrected chi connectivity index (χ1v) is 14.1. The highest BCUT2D eigenvalue weighted by Crippen LogP contribution is 2.36. The third-order valence-corrected chi connectivity index (χ3v) is 8.23. The number of nitrogens with zero attached hydrogens (tertiary/aromatic N) is 3. The molecule has 3 atom stereocenters. The van der Waals surface area contributed by atoms with E-state index in [9.17, 15) is 14.0 Å². The van der Waals surface area contributed by atoms with Crippen molar-refractivity contribution in [2.45, 2.75) is 38.6 Å². The summed E-state index contributed by atoms with van der Waals surface area (Å²) in [6.45, 7) is 0.137. The number of ether oxygens (including phenoxy) is 1. The molecule has 0 bridgehead atoms. The fourth-order valence-corrected chi connectivity index (χ4v) is 6.27. The maximum atomic E-state index is 13.4. The van der Waals surface area contributed by atoms with E-state index in [2.05, 4.69) is 15.5 Å². The number of anilines is 1. The molecule has 1 aliphatic rings. The second-order valence-corrected chi connectivity index (χ2v) is 11.6. The van der Waals surface area contributed by atoms with Gasteiger partial charge in [0.2, 0.25) is 5.91 Å². The Labute approximate surface area is 235 Å². The lowest BCUT2D eigenvalue weighted by Crippen LogP contribution is -2.24. The number of benzene rings is 2. The first-order valence-electron chi connectivity index (χ1n) is 12.9. The maximum absolute atomic E-state index is 13.4. The van der Waals surface area contributed by atoms with Gasteiger partial charge < -0.3 is 10.1 Å². The minimum Gasteiger partial charge on any atom is -0.457 e. The van der Waals surface area contributed by atoms with Crippen molar-refractivity contribution < 1.29 is 18.7 Å². The van der Waals surface area contributed by atoms with E-state index in [1.807, 2.05) is 12.1 Å². The van der Waals surface area contributed by atoms with Crippen LogP contribution in [-0.4, -0.2) is 26.7 Å². The quantitative estimate of drug-likeness (QED) is 0.225. The van der Waals surface area contributed by atoms with Crippen LogP contribution in [0.5, 0.6) is 11.5 Å². The van der Waals surface area contributed by atoms with Crippen LogP contribution < -0.4 is 10.1 Å². The Balaban J connectivity index is 1.24. The Kier molecular flexibility index (Phi) is 8.68. The van der Waals surface area contributed by atoms with Gasteiger partial charge in [0.25, 0.3) is 0 Å². The molecule has 1 fully saturated rings. The van der Waals surface area contributed by atoms with Crippen LogP contribution in [0.3, 0.4) is 0 Å². The number of amides is 1. The molecule has 39 heavy (non-hydrogen) atoms.